The molecular weight excluding hydrogens is 536 g/mol. The van der Waals surface area contributed by atoms with Gasteiger partial charge in [0.25, 0.3) is 0 Å². The summed E-state index contributed by atoms with van der Waals surface area (Å²) >= 11 is 0. The molecule has 3 heteroatoms. The Morgan fingerprint density at radius 1 is 1.07 bits per heavy atom. The zero-order valence-corrected chi connectivity index (χ0v) is 28.1. The van der Waals surface area contributed by atoms with Gasteiger partial charge in [-0.15, -0.1) is 0 Å². The number of hydrogen-bond acceptors (Lipinski definition) is 3. The normalized spacial score (nSPS) is 32.1. The Kier molecular flexibility index (Phi) is 10.0. The van der Waals surface area contributed by atoms with Crippen molar-refractivity contribution >= 4 is 0 Å². The molecule has 238 valence electrons. The molecular formula is C41H58N2O. The number of hydrogen-bond donors (Lipinski definition) is 0. The van der Waals surface area contributed by atoms with Crippen LogP contribution in [0.1, 0.15) is 90.5 Å². The van der Waals surface area contributed by atoms with E-state index in [0.717, 1.165) is 43.7 Å². The third-order valence-electron chi connectivity index (χ3n) is 11.4. The minimum absolute atomic E-state index is 0.152. The van der Waals surface area contributed by atoms with Crippen LogP contribution in [0.25, 0.3) is 0 Å². The molecule has 0 spiro atoms. The van der Waals surface area contributed by atoms with Crippen molar-refractivity contribution in [3.8, 4) is 0 Å². The van der Waals surface area contributed by atoms with Crippen LogP contribution < -0.4 is 0 Å². The van der Waals surface area contributed by atoms with E-state index in [0.29, 0.717) is 11.8 Å². The Hall–Kier alpha value is -2.36. The maximum absolute atomic E-state index is 6.94. The second kappa shape index (κ2) is 14.0. The van der Waals surface area contributed by atoms with E-state index in [1.165, 1.54) is 87.2 Å². The van der Waals surface area contributed by atoms with Crippen molar-refractivity contribution in [1.29, 1.82) is 0 Å². The molecule has 2 aliphatic heterocycles. The van der Waals surface area contributed by atoms with E-state index in [9.17, 15) is 0 Å². The van der Waals surface area contributed by atoms with Gasteiger partial charge in [0, 0.05) is 30.3 Å². The van der Waals surface area contributed by atoms with Crippen LogP contribution in [-0.2, 0) is 4.74 Å². The first-order chi connectivity index (χ1) is 21.5. The van der Waals surface area contributed by atoms with Gasteiger partial charge in [0.05, 0.1) is 0 Å². The summed E-state index contributed by atoms with van der Waals surface area (Å²) in [5.74, 6) is 4.68. The topological polar surface area (TPSA) is 15.7 Å². The van der Waals surface area contributed by atoms with E-state index in [4.69, 9.17) is 4.74 Å². The second-order valence-electron chi connectivity index (χ2n) is 14.6. The molecule has 0 bridgehead atoms. The van der Waals surface area contributed by atoms with Crippen LogP contribution in [0, 0.1) is 29.1 Å². The van der Waals surface area contributed by atoms with Gasteiger partial charge < -0.3 is 9.64 Å². The van der Waals surface area contributed by atoms with Crippen molar-refractivity contribution in [2.75, 3.05) is 39.3 Å². The summed E-state index contributed by atoms with van der Waals surface area (Å²) in [6, 6.07) is 11.3. The molecule has 7 rings (SSSR count). The van der Waals surface area contributed by atoms with Gasteiger partial charge in [0.15, 0.2) is 0 Å². The summed E-state index contributed by atoms with van der Waals surface area (Å²) in [6.45, 7) is 20.4. The SMILES string of the molecule is C=C(CCCN1CCC(C)CC1)C12C=C(C)C=C(OC3CCCN(CC(C4=CC=CC5CC45)c4ccccc4)C3)C1C2.CC. The quantitative estimate of drug-likeness (QED) is 0.237. The fourth-order valence-corrected chi connectivity index (χ4v) is 8.64. The number of fused-ring (bicyclic) bond motifs is 2. The van der Waals surface area contributed by atoms with Gasteiger partial charge in [-0.2, -0.15) is 0 Å². The molecule has 2 saturated carbocycles. The number of piperidine rings is 2. The lowest BCUT2D eigenvalue weighted by Gasteiger charge is -2.37. The van der Waals surface area contributed by atoms with Gasteiger partial charge in [0.2, 0.25) is 0 Å². The number of benzene rings is 1. The van der Waals surface area contributed by atoms with Crippen LogP contribution in [-0.4, -0.2) is 55.2 Å². The highest BCUT2D eigenvalue weighted by Crippen LogP contribution is 2.65. The first-order valence-corrected chi connectivity index (χ1v) is 18.1. The highest BCUT2D eigenvalue weighted by Gasteiger charge is 2.58. The van der Waals surface area contributed by atoms with Gasteiger partial charge in [-0.25, -0.2) is 0 Å². The highest BCUT2D eigenvalue weighted by atomic mass is 16.5. The Morgan fingerprint density at radius 3 is 2.66 bits per heavy atom. The Labute approximate surface area is 268 Å². The minimum Gasteiger partial charge on any atom is -0.493 e. The molecule has 6 aliphatic rings. The Bertz CT molecular complexity index is 1260. The Balaban J connectivity index is 0.00000168. The van der Waals surface area contributed by atoms with Gasteiger partial charge in [0.1, 0.15) is 11.9 Å². The fourth-order valence-electron chi connectivity index (χ4n) is 8.64. The zero-order chi connectivity index (χ0) is 30.7. The van der Waals surface area contributed by atoms with E-state index < -0.39 is 0 Å². The lowest BCUT2D eigenvalue weighted by atomic mass is 9.85. The van der Waals surface area contributed by atoms with Crippen LogP contribution >= 0.6 is 0 Å². The predicted molar refractivity (Wildman–Crippen MR) is 185 cm³/mol. The number of nitrogens with zero attached hydrogens (tertiary/aromatic N) is 2. The summed E-state index contributed by atoms with van der Waals surface area (Å²) in [6.07, 6.45) is 22.3. The molecule has 0 radical (unpaired) electrons. The van der Waals surface area contributed by atoms with Crippen molar-refractivity contribution in [3.63, 3.8) is 0 Å². The highest BCUT2D eigenvalue weighted by molar-refractivity contribution is 5.45. The largest absolute Gasteiger partial charge is 0.493 e. The molecule has 1 aromatic carbocycles. The fraction of sp³-hybridized carbons (Fsp3) is 0.610. The first-order valence-electron chi connectivity index (χ1n) is 18.1. The van der Waals surface area contributed by atoms with Crippen LogP contribution in [0.15, 0.2) is 89.8 Å². The van der Waals surface area contributed by atoms with E-state index in [1.54, 1.807) is 5.57 Å². The zero-order valence-electron chi connectivity index (χ0n) is 28.1. The third kappa shape index (κ3) is 7.05. The number of likely N-dealkylation sites (tertiary alicyclic amines) is 2. The van der Waals surface area contributed by atoms with Crippen molar-refractivity contribution in [1.82, 2.24) is 9.80 Å². The predicted octanol–water partition coefficient (Wildman–Crippen LogP) is 9.33. The molecule has 4 aliphatic carbocycles. The van der Waals surface area contributed by atoms with Gasteiger partial charge in [-0.05, 0) is 114 Å². The van der Waals surface area contributed by atoms with Crippen LogP contribution in [0.5, 0.6) is 0 Å². The van der Waals surface area contributed by atoms with Crippen molar-refractivity contribution < 1.29 is 4.74 Å². The molecule has 44 heavy (non-hydrogen) atoms. The van der Waals surface area contributed by atoms with Gasteiger partial charge in [-0.1, -0.05) is 98.7 Å². The molecule has 4 fully saturated rings. The maximum Gasteiger partial charge on any atom is 0.111 e. The maximum atomic E-state index is 6.94. The number of ether oxygens (including phenoxy) is 1. The summed E-state index contributed by atoms with van der Waals surface area (Å²) in [4.78, 5) is 5.38. The summed E-state index contributed by atoms with van der Waals surface area (Å²) in [5.41, 5.74) is 6.08. The van der Waals surface area contributed by atoms with Crippen LogP contribution in [0.4, 0.5) is 0 Å². The minimum atomic E-state index is 0.152. The first kappa shape index (κ1) is 31.6. The molecule has 6 atom stereocenters. The van der Waals surface area contributed by atoms with E-state index in [1.807, 2.05) is 13.8 Å². The third-order valence-corrected chi connectivity index (χ3v) is 11.4. The van der Waals surface area contributed by atoms with Crippen molar-refractivity contribution in [2.45, 2.75) is 91.1 Å². The second-order valence-corrected chi connectivity index (χ2v) is 14.6. The standard InChI is InChI=1S/C39H52N2O.C2H6/c1-28-16-20-40(21-17-28)18-8-10-30(3)39-24-29(2)22-38(37(39)25-39)42-33-14-9-19-41(26-33)27-36(31-11-5-4-6-12-31)34-15-7-13-32-23-35(32)34;1-2/h4-7,11-13,15,22,24,28,32-33,35-37H,3,8-10,14,16-21,23,25-27H2,1-2H3;1-2H3. The molecule has 2 saturated heterocycles. The van der Waals surface area contributed by atoms with Crippen LogP contribution in [0.2, 0.25) is 0 Å². The summed E-state index contributed by atoms with van der Waals surface area (Å²) in [7, 11) is 0. The number of rotatable bonds is 11. The monoisotopic (exact) mass is 594 g/mol. The molecule has 6 unspecified atom stereocenters. The van der Waals surface area contributed by atoms with Crippen molar-refractivity contribution in [2.24, 2.45) is 29.1 Å². The molecule has 3 nitrogen and oxygen atoms in total. The van der Waals surface area contributed by atoms with E-state index >= 15 is 0 Å². The average molecular weight is 595 g/mol. The van der Waals surface area contributed by atoms with Crippen molar-refractivity contribution in [3.05, 3.63) is 95.3 Å². The number of allylic oxidation sites excluding steroid dienone is 8. The smallest absolute Gasteiger partial charge is 0.111 e. The average Bonchev–Trinajstić information content (AvgIpc) is 3.97. The summed E-state index contributed by atoms with van der Waals surface area (Å²) in [5, 5.41) is 0. The molecule has 2 heterocycles. The van der Waals surface area contributed by atoms with E-state index in [2.05, 4.69) is 90.9 Å². The molecule has 1 aromatic rings. The molecule has 0 amide bonds. The van der Waals surface area contributed by atoms with Crippen LogP contribution in [0.3, 0.4) is 0 Å². The van der Waals surface area contributed by atoms with Gasteiger partial charge in [-0.3, -0.25) is 4.90 Å². The Morgan fingerprint density at radius 2 is 1.86 bits per heavy atom. The molecule has 0 N–H and O–H groups in total. The van der Waals surface area contributed by atoms with E-state index in [-0.39, 0.29) is 11.5 Å². The lowest BCUT2D eigenvalue weighted by Crippen LogP contribution is -2.42. The molecule has 0 aromatic heterocycles. The van der Waals surface area contributed by atoms with Gasteiger partial charge >= 0.3 is 0 Å². The summed E-state index contributed by atoms with van der Waals surface area (Å²) < 4.78 is 6.94. The lowest BCUT2D eigenvalue weighted by molar-refractivity contribution is 0.0311.